The van der Waals surface area contributed by atoms with Gasteiger partial charge in [-0.3, -0.25) is 14.5 Å². The summed E-state index contributed by atoms with van der Waals surface area (Å²) in [4.78, 5) is 27.7. The van der Waals surface area contributed by atoms with Crippen molar-refractivity contribution in [2.75, 3.05) is 26.2 Å². The molecule has 23 heavy (non-hydrogen) atoms. The van der Waals surface area contributed by atoms with Crippen molar-refractivity contribution in [3.8, 4) is 0 Å². The van der Waals surface area contributed by atoms with E-state index in [1.165, 1.54) is 6.07 Å². The largest absolute Gasteiger partial charge is 0.355 e. The van der Waals surface area contributed by atoms with E-state index in [0.29, 0.717) is 25.2 Å². The van der Waals surface area contributed by atoms with Crippen LogP contribution in [0.25, 0.3) is 0 Å². The summed E-state index contributed by atoms with van der Waals surface area (Å²) in [5, 5.41) is 2.82. The van der Waals surface area contributed by atoms with Crippen LogP contribution in [0.5, 0.6) is 0 Å². The smallest absolute Gasteiger partial charge is 0.237 e. The number of benzene rings is 1. The lowest BCUT2D eigenvalue weighted by Gasteiger charge is -2.39. The van der Waals surface area contributed by atoms with Crippen LogP contribution in [0, 0.1) is 11.6 Å². The maximum Gasteiger partial charge on any atom is 0.237 e. The van der Waals surface area contributed by atoms with Crippen molar-refractivity contribution in [3.63, 3.8) is 0 Å². The quantitative estimate of drug-likeness (QED) is 0.899. The highest BCUT2D eigenvalue weighted by molar-refractivity contribution is 5.84. The molecule has 0 spiro atoms. The molecule has 0 bridgehead atoms. The average Bonchev–Trinajstić information content (AvgIpc) is 2.53. The molecule has 7 heteroatoms. The number of piperidine rings is 1. The zero-order valence-corrected chi connectivity index (χ0v) is 12.7. The Morgan fingerprint density at radius 3 is 2.70 bits per heavy atom. The normalized spacial score (nSPS) is 23.0. The summed E-state index contributed by atoms with van der Waals surface area (Å²) in [5.41, 5.74) is 0.557. The molecule has 2 saturated heterocycles. The number of rotatable bonds is 3. The molecular weight excluding hydrogens is 304 g/mol. The number of amides is 2. The molecule has 5 nitrogen and oxygen atoms in total. The minimum absolute atomic E-state index is 0.0156. The van der Waals surface area contributed by atoms with Gasteiger partial charge in [0.25, 0.3) is 0 Å². The average molecular weight is 323 g/mol. The first-order valence-corrected chi connectivity index (χ1v) is 7.78. The number of nitrogens with one attached hydrogen (secondary N) is 1. The molecule has 1 aromatic rings. The zero-order valence-electron chi connectivity index (χ0n) is 12.7. The Bertz CT molecular complexity index is 623. The Hall–Kier alpha value is -2.02. The molecule has 1 N–H and O–H groups in total. The molecule has 124 valence electrons. The van der Waals surface area contributed by atoms with Gasteiger partial charge in [0, 0.05) is 26.2 Å². The second-order valence-corrected chi connectivity index (χ2v) is 5.98. The molecule has 0 radical (unpaired) electrons. The third kappa shape index (κ3) is 3.50. The van der Waals surface area contributed by atoms with E-state index in [1.54, 1.807) is 4.90 Å². The molecule has 0 aromatic heterocycles. The predicted octanol–water partition coefficient (Wildman–Crippen LogP) is 0.888. The highest BCUT2D eigenvalue weighted by Crippen LogP contribution is 2.17. The molecule has 2 amide bonds. The summed E-state index contributed by atoms with van der Waals surface area (Å²) in [7, 11) is 0. The first kappa shape index (κ1) is 15.9. The van der Waals surface area contributed by atoms with Gasteiger partial charge in [0.2, 0.25) is 11.8 Å². The van der Waals surface area contributed by atoms with E-state index in [2.05, 4.69) is 5.32 Å². The van der Waals surface area contributed by atoms with Crippen LogP contribution < -0.4 is 5.32 Å². The second kappa shape index (κ2) is 6.62. The van der Waals surface area contributed by atoms with Crippen LogP contribution in [0.15, 0.2) is 18.2 Å². The number of piperazine rings is 1. The van der Waals surface area contributed by atoms with E-state index >= 15 is 0 Å². The van der Waals surface area contributed by atoms with Crippen LogP contribution >= 0.6 is 0 Å². The van der Waals surface area contributed by atoms with Gasteiger partial charge in [-0.15, -0.1) is 0 Å². The van der Waals surface area contributed by atoms with Crippen molar-refractivity contribution in [1.82, 2.24) is 15.1 Å². The maximum absolute atomic E-state index is 13.2. The molecule has 2 heterocycles. The summed E-state index contributed by atoms with van der Waals surface area (Å²) < 4.78 is 26.2. The first-order chi connectivity index (χ1) is 11.0. The van der Waals surface area contributed by atoms with Gasteiger partial charge >= 0.3 is 0 Å². The van der Waals surface area contributed by atoms with E-state index < -0.39 is 11.6 Å². The van der Waals surface area contributed by atoms with Gasteiger partial charge in [-0.25, -0.2) is 8.78 Å². The van der Waals surface area contributed by atoms with E-state index in [9.17, 15) is 18.4 Å². The lowest BCUT2D eigenvalue weighted by Crippen LogP contribution is -2.58. The SMILES string of the molecule is O=C1NCCCC1N1CCN(Cc2ccc(F)c(F)c2)C(=O)C1. The number of hydrogen-bond donors (Lipinski definition) is 1. The second-order valence-electron chi connectivity index (χ2n) is 5.98. The molecule has 1 atom stereocenters. The Kier molecular flexibility index (Phi) is 4.56. The summed E-state index contributed by atoms with van der Waals surface area (Å²) >= 11 is 0. The Morgan fingerprint density at radius 1 is 1.17 bits per heavy atom. The van der Waals surface area contributed by atoms with Crippen LogP contribution in [0.3, 0.4) is 0 Å². The number of nitrogens with zero attached hydrogens (tertiary/aromatic N) is 2. The van der Waals surface area contributed by atoms with Crippen LogP contribution in [0.2, 0.25) is 0 Å². The van der Waals surface area contributed by atoms with Gasteiger partial charge < -0.3 is 10.2 Å². The highest BCUT2D eigenvalue weighted by Gasteiger charge is 2.33. The maximum atomic E-state index is 13.2. The monoisotopic (exact) mass is 323 g/mol. The van der Waals surface area contributed by atoms with Crippen LogP contribution in [0.4, 0.5) is 8.78 Å². The number of carbonyl (C=O) groups excluding carboxylic acids is 2. The molecule has 0 aliphatic carbocycles. The van der Waals surface area contributed by atoms with Crippen molar-refractivity contribution in [3.05, 3.63) is 35.4 Å². The summed E-state index contributed by atoms with van der Waals surface area (Å²) in [6, 6.07) is 3.42. The van der Waals surface area contributed by atoms with Crippen LogP contribution in [-0.4, -0.2) is 53.8 Å². The van der Waals surface area contributed by atoms with Gasteiger partial charge in [-0.05, 0) is 30.5 Å². The van der Waals surface area contributed by atoms with Gasteiger partial charge in [0.15, 0.2) is 11.6 Å². The van der Waals surface area contributed by atoms with Crippen molar-refractivity contribution in [1.29, 1.82) is 0 Å². The minimum atomic E-state index is -0.910. The molecule has 2 aliphatic rings. The van der Waals surface area contributed by atoms with Gasteiger partial charge in [0.05, 0.1) is 12.6 Å². The molecule has 1 aromatic carbocycles. The third-order valence-electron chi connectivity index (χ3n) is 4.40. The molecule has 2 aliphatic heterocycles. The van der Waals surface area contributed by atoms with E-state index in [0.717, 1.165) is 25.0 Å². The molecule has 1 unspecified atom stereocenters. The zero-order chi connectivity index (χ0) is 16.4. The lowest BCUT2D eigenvalue weighted by atomic mass is 10.0. The Balaban J connectivity index is 1.61. The number of carbonyl (C=O) groups is 2. The third-order valence-corrected chi connectivity index (χ3v) is 4.40. The van der Waals surface area contributed by atoms with Gasteiger partial charge in [-0.1, -0.05) is 6.07 Å². The van der Waals surface area contributed by atoms with E-state index in [4.69, 9.17) is 0 Å². The molecule has 3 rings (SSSR count). The fraction of sp³-hybridized carbons (Fsp3) is 0.500. The Morgan fingerprint density at radius 2 is 2.00 bits per heavy atom. The standard InChI is InChI=1S/C16H19F2N3O2/c17-12-4-3-11(8-13(12)18)9-21-7-6-20(10-15(21)22)14-2-1-5-19-16(14)23/h3-4,8,14H,1-2,5-7,9-10H2,(H,19,23). The number of hydrogen-bond acceptors (Lipinski definition) is 3. The molecular formula is C16H19F2N3O2. The van der Waals surface area contributed by atoms with Crippen molar-refractivity contribution < 1.29 is 18.4 Å². The molecule has 2 fully saturated rings. The van der Waals surface area contributed by atoms with E-state index in [-0.39, 0.29) is 30.9 Å². The van der Waals surface area contributed by atoms with Crippen LogP contribution in [-0.2, 0) is 16.1 Å². The summed E-state index contributed by atoms with van der Waals surface area (Å²) in [6.07, 6.45) is 1.68. The van der Waals surface area contributed by atoms with E-state index in [1.807, 2.05) is 4.90 Å². The van der Waals surface area contributed by atoms with Crippen molar-refractivity contribution in [2.24, 2.45) is 0 Å². The number of halogens is 2. The van der Waals surface area contributed by atoms with Crippen molar-refractivity contribution in [2.45, 2.75) is 25.4 Å². The lowest BCUT2D eigenvalue weighted by molar-refractivity contribution is -0.140. The van der Waals surface area contributed by atoms with Gasteiger partial charge in [-0.2, -0.15) is 0 Å². The highest BCUT2D eigenvalue weighted by atomic mass is 19.2. The Labute approximate surface area is 133 Å². The van der Waals surface area contributed by atoms with Crippen LogP contribution in [0.1, 0.15) is 18.4 Å². The minimum Gasteiger partial charge on any atom is -0.355 e. The van der Waals surface area contributed by atoms with Crippen molar-refractivity contribution >= 4 is 11.8 Å². The predicted molar refractivity (Wildman–Crippen MR) is 79.4 cm³/mol. The summed E-state index contributed by atoms with van der Waals surface area (Å²) in [6.45, 7) is 2.21. The topological polar surface area (TPSA) is 52.7 Å². The van der Waals surface area contributed by atoms with Gasteiger partial charge in [0.1, 0.15) is 0 Å². The summed E-state index contributed by atoms with van der Waals surface area (Å²) in [5.74, 6) is -1.92. The molecule has 0 saturated carbocycles. The fourth-order valence-electron chi connectivity index (χ4n) is 3.12. The first-order valence-electron chi connectivity index (χ1n) is 7.78. The fourth-order valence-corrected chi connectivity index (χ4v) is 3.12.